The molecule has 0 aliphatic carbocycles. The van der Waals surface area contributed by atoms with Crippen LogP contribution in [0.5, 0.6) is 0 Å². The Kier molecular flexibility index (Phi) is 33.8. The predicted molar refractivity (Wildman–Crippen MR) is 190 cm³/mol. The van der Waals surface area contributed by atoms with Crippen LogP contribution in [0.4, 0.5) is 0 Å². The van der Waals surface area contributed by atoms with Gasteiger partial charge < -0.3 is 20.6 Å². The summed E-state index contributed by atoms with van der Waals surface area (Å²) in [5.41, 5.74) is 0. The van der Waals surface area contributed by atoms with E-state index in [0.717, 1.165) is 51.4 Å². The van der Waals surface area contributed by atoms with Gasteiger partial charge in [0.1, 0.15) is 6.10 Å². The van der Waals surface area contributed by atoms with Crippen LogP contribution in [0.15, 0.2) is 24.3 Å². The Morgan fingerprint density at radius 1 is 0.568 bits per heavy atom. The SMILES string of the molecule is CCCCC/C=C\C/C=C\CCCCCCCCCC(=O)NC(CO)C(O)C(O)CCCCCCCCCCCCCCC. The lowest BCUT2D eigenvalue weighted by Crippen LogP contribution is -2.50. The van der Waals surface area contributed by atoms with E-state index in [1.54, 1.807) is 0 Å². The third-order valence-corrected chi connectivity index (χ3v) is 8.81. The minimum absolute atomic E-state index is 0.154. The smallest absolute Gasteiger partial charge is 0.220 e. The van der Waals surface area contributed by atoms with Crippen molar-refractivity contribution < 1.29 is 20.1 Å². The highest BCUT2D eigenvalue weighted by atomic mass is 16.3. The Balaban J connectivity index is 3.69. The molecule has 5 nitrogen and oxygen atoms in total. The van der Waals surface area contributed by atoms with E-state index in [-0.39, 0.29) is 12.5 Å². The van der Waals surface area contributed by atoms with Crippen LogP contribution in [0.1, 0.15) is 194 Å². The number of allylic oxidation sites excluding steroid dienone is 4. The molecule has 0 bridgehead atoms. The van der Waals surface area contributed by atoms with Crippen LogP contribution >= 0.6 is 0 Å². The first-order valence-corrected chi connectivity index (χ1v) is 19.1. The van der Waals surface area contributed by atoms with E-state index in [1.165, 1.54) is 116 Å². The number of carbonyl (C=O) groups is 1. The van der Waals surface area contributed by atoms with Gasteiger partial charge in [0.2, 0.25) is 5.91 Å². The van der Waals surface area contributed by atoms with Gasteiger partial charge in [-0.3, -0.25) is 4.79 Å². The van der Waals surface area contributed by atoms with Crippen molar-refractivity contribution >= 4 is 5.91 Å². The van der Waals surface area contributed by atoms with Gasteiger partial charge in [-0.15, -0.1) is 0 Å². The molecule has 0 aromatic rings. The van der Waals surface area contributed by atoms with Crippen molar-refractivity contribution in [2.75, 3.05) is 6.61 Å². The lowest BCUT2D eigenvalue weighted by atomic mass is 9.99. The van der Waals surface area contributed by atoms with Crippen LogP contribution < -0.4 is 5.32 Å². The molecule has 0 aromatic carbocycles. The highest BCUT2D eigenvalue weighted by Crippen LogP contribution is 2.15. The second kappa shape index (κ2) is 34.7. The average Bonchev–Trinajstić information content (AvgIpc) is 3.03. The molecule has 4 N–H and O–H groups in total. The number of rotatable bonds is 34. The number of hydrogen-bond acceptors (Lipinski definition) is 4. The predicted octanol–water partition coefficient (Wildman–Crippen LogP) is 10.3. The van der Waals surface area contributed by atoms with Crippen LogP contribution in [0.3, 0.4) is 0 Å². The maximum absolute atomic E-state index is 12.4. The normalized spacial score (nSPS) is 14.0. The fourth-order valence-corrected chi connectivity index (χ4v) is 5.78. The summed E-state index contributed by atoms with van der Waals surface area (Å²) in [5, 5.41) is 33.4. The quantitative estimate of drug-likeness (QED) is 0.0425. The summed E-state index contributed by atoms with van der Waals surface area (Å²) >= 11 is 0. The van der Waals surface area contributed by atoms with Crippen LogP contribution in [-0.4, -0.2) is 46.1 Å². The van der Waals surface area contributed by atoms with E-state index < -0.39 is 18.2 Å². The molecule has 44 heavy (non-hydrogen) atoms. The molecule has 3 unspecified atom stereocenters. The van der Waals surface area contributed by atoms with Crippen molar-refractivity contribution in [3.8, 4) is 0 Å². The Morgan fingerprint density at radius 3 is 1.48 bits per heavy atom. The third-order valence-electron chi connectivity index (χ3n) is 8.81. The average molecular weight is 622 g/mol. The highest BCUT2D eigenvalue weighted by Gasteiger charge is 2.26. The standard InChI is InChI=1S/C39H75NO4/c1-3-5-7-9-11-13-15-17-18-19-20-22-24-26-28-30-32-34-38(43)40-36(35-41)39(44)37(42)33-31-29-27-25-23-21-16-14-12-10-8-6-4-2/h11,13,17-18,36-37,39,41-42,44H,3-10,12,14-16,19-35H2,1-2H3,(H,40,43)/b13-11-,18-17-. The molecular formula is C39H75NO4. The number of hydrogen-bond donors (Lipinski definition) is 4. The fourth-order valence-electron chi connectivity index (χ4n) is 5.78. The Labute approximate surface area is 273 Å². The molecule has 0 aliphatic heterocycles. The summed E-state index contributed by atoms with van der Waals surface area (Å²) in [6, 6.07) is -0.810. The van der Waals surface area contributed by atoms with Gasteiger partial charge in [-0.1, -0.05) is 167 Å². The van der Waals surface area contributed by atoms with E-state index in [9.17, 15) is 20.1 Å². The van der Waals surface area contributed by atoms with E-state index in [1.807, 2.05) is 0 Å². The van der Waals surface area contributed by atoms with Crippen molar-refractivity contribution in [3.05, 3.63) is 24.3 Å². The molecule has 0 spiro atoms. The monoisotopic (exact) mass is 622 g/mol. The van der Waals surface area contributed by atoms with E-state index in [2.05, 4.69) is 43.5 Å². The van der Waals surface area contributed by atoms with Crippen molar-refractivity contribution in [3.63, 3.8) is 0 Å². The maximum atomic E-state index is 12.4. The van der Waals surface area contributed by atoms with Gasteiger partial charge in [-0.05, 0) is 44.9 Å². The lowest BCUT2D eigenvalue weighted by molar-refractivity contribution is -0.124. The second-order valence-electron chi connectivity index (χ2n) is 13.1. The van der Waals surface area contributed by atoms with Crippen LogP contribution in [-0.2, 0) is 4.79 Å². The van der Waals surface area contributed by atoms with Crippen LogP contribution in [0.2, 0.25) is 0 Å². The van der Waals surface area contributed by atoms with Crippen LogP contribution in [0.25, 0.3) is 0 Å². The Hall–Kier alpha value is -1.17. The van der Waals surface area contributed by atoms with Gasteiger partial charge in [0, 0.05) is 6.42 Å². The molecule has 5 heteroatoms. The molecule has 0 saturated carbocycles. The summed E-state index contributed by atoms with van der Waals surface area (Å²) in [6.07, 6.45) is 39.8. The molecule has 0 saturated heterocycles. The number of amides is 1. The van der Waals surface area contributed by atoms with E-state index in [0.29, 0.717) is 12.8 Å². The summed E-state index contributed by atoms with van der Waals surface area (Å²) in [4.78, 5) is 12.4. The van der Waals surface area contributed by atoms with E-state index in [4.69, 9.17) is 0 Å². The summed E-state index contributed by atoms with van der Waals surface area (Å²) in [7, 11) is 0. The summed E-state index contributed by atoms with van der Waals surface area (Å²) < 4.78 is 0. The van der Waals surface area contributed by atoms with Gasteiger partial charge in [0.25, 0.3) is 0 Å². The summed E-state index contributed by atoms with van der Waals surface area (Å²) in [5.74, 6) is -0.154. The van der Waals surface area contributed by atoms with Gasteiger partial charge in [-0.25, -0.2) is 0 Å². The van der Waals surface area contributed by atoms with Crippen molar-refractivity contribution in [2.45, 2.75) is 212 Å². The van der Waals surface area contributed by atoms with Gasteiger partial charge in [0.05, 0.1) is 18.8 Å². The fraction of sp³-hybridized carbons (Fsp3) is 0.872. The molecule has 0 aromatic heterocycles. The lowest BCUT2D eigenvalue weighted by Gasteiger charge is -2.26. The first-order valence-electron chi connectivity index (χ1n) is 19.1. The third kappa shape index (κ3) is 29.5. The second-order valence-corrected chi connectivity index (χ2v) is 13.1. The Morgan fingerprint density at radius 2 is 0.977 bits per heavy atom. The topological polar surface area (TPSA) is 89.8 Å². The molecule has 0 heterocycles. The first kappa shape index (κ1) is 42.8. The number of aliphatic hydroxyl groups excluding tert-OH is 3. The molecule has 0 aliphatic rings. The van der Waals surface area contributed by atoms with Crippen molar-refractivity contribution in [1.29, 1.82) is 0 Å². The minimum Gasteiger partial charge on any atom is -0.394 e. The first-order chi connectivity index (χ1) is 21.6. The zero-order chi connectivity index (χ0) is 32.4. The Bertz CT molecular complexity index is 650. The molecule has 0 rings (SSSR count). The van der Waals surface area contributed by atoms with Gasteiger partial charge in [0.15, 0.2) is 0 Å². The largest absolute Gasteiger partial charge is 0.394 e. The minimum atomic E-state index is -1.14. The van der Waals surface area contributed by atoms with Gasteiger partial charge >= 0.3 is 0 Å². The highest BCUT2D eigenvalue weighted by molar-refractivity contribution is 5.76. The molecule has 0 fully saturated rings. The molecule has 1 amide bonds. The number of nitrogens with one attached hydrogen (secondary N) is 1. The zero-order valence-corrected chi connectivity index (χ0v) is 29.3. The number of carbonyl (C=O) groups excluding carboxylic acids is 1. The van der Waals surface area contributed by atoms with E-state index >= 15 is 0 Å². The summed E-state index contributed by atoms with van der Waals surface area (Å²) in [6.45, 7) is 4.13. The van der Waals surface area contributed by atoms with Crippen molar-refractivity contribution in [2.24, 2.45) is 0 Å². The molecular weight excluding hydrogens is 546 g/mol. The molecule has 0 radical (unpaired) electrons. The van der Waals surface area contributed by atoms with Crippen LogP contribution in [0, 0.1) is 0 Å². The molecule has 260 valence electrons. The maximum Gasteiger partial charge on any atom is 0.220 e. The molecule has 3 atom stereocenters. The zero-order valence-electron chi connectivity index (χ0n) is 29.3. The number of unbranched alkanes of at least 4 members (excludes halogenated alkanes) is 22. The number of aliphatic hydroxyl groups is 3. The van der Waals surface area contributed by atoms with Crippen molar-refractivity contribution in [1.82, 2.24) is 5.32 Å². The van der Waals surface area contributed by atoms with Gasteiger partial charge in [-0.2, -0.15) is 0 Å².